The van der Waals surface area contributed by atoms with Crippen LogP contribution in [-0.4, -0.2) is 50.0 Å². The van der Waals surface area contributed by atoms with Crippen molar-refractivity contribution in [3.63, 3.8) is 0 Å². The summed E-state index contributed by atoms with van der Waals surface area (Å²) in [6.45, 7) is 2.94. The largest absolute Gasteiger partial charge is 0.497 e. The predicted octanol–water partition coefficient (Wildman–Crippen LogP) is 4.95. The first-order chi connectivity index (χ1) is 17.0. The molecule has 2 amide bonds. The van der Waals surface area contributed by atoms with Gasteiger partial charge in [0.1, 0.15) is 5.75 Å². The molecule has 7 heteroatoms. The molecule has 1 atom stereocenters. The van der Waals surface area contributed by atoms with Crippen molar-refractivity contribution >= 4 is 29.1 Å². The van der Waals surface area contributed by atoms with E-state index in [4.69, 9.17) is 16.3 Å². The SMILES string of the molecule is COc1ccc(N2CCCN(C(=O)C[C@H](NC(=O)c3ccccc3Cl)c3ccccc3)CC2)cc1. The van der Waals surface area contributed by atoms with Gasteiger partial charge in [-0.25, -0.2) is 0 Å². The third kappa shape index (κ3) is 6.34. The van der Waals surface area contributed by atoms with E-state index in [0.29, 0.717) is 23.7 Å². The van der Waals surface area contributed by atoms with E-state index in [1.165, 1.54) is 0 Å². The normalized spacial score (nSPS) is 14.7. The van der Waals surface area contributed by atoms with Crippen LogP contribution in [0.3, 0.4) is 0 Å². The third-order valence-corrected chi connectivity index (χ3v) is 6.62. The molecule has 0 aliphatic carbocycles. The van der Waals surface area contributed by atoms with E-state index in [9.17, 15) is 9.59 Å². The number of methoxy groups -OCH3 is 1. The minimum Gasteiger partial charge on any atom is -0.497 e. The van der Waals surface area contributed by atoms with Gasteiger partial charge in [-0.1, -0.05) is 54.1 Å². The van der Waals surface area contributed by atoms with Crippen molar-refractivity contribution in [2.45, 2.75) is 18.9 Å². The highest BCUT2D eigenvalue weighted by molar-refractivity contribution is 6.33. The minimum absolute atomic E-state index is 0.0230. The van der Waals surface area contributed by atoms with E-state index in [0.717, 1.165) is 36.5 Å². The summed E-state index contributed by atoms with van der Waals surface area (Å²) in [7, 11) is 1.66. The number of carbonyl (C=O) groups excluding carboxylic acids is 2. The Kier molecular flexibility index (Phi) is 8.27. The van der Waals surface area contributed by atoms with Crippen LogP contribution in [0.25, 0.3) is 0 Å². The molecule has 3 aromatic carbocycles. The van der Waals surface area contributed by atoms with Crippen molar-refractivity contribution in [2.24, 2.45) is 0 Å². The molecule has 0 bridgehead atoms. The zero-order valence-electron chi connectivity index (χ0n) is 19.8. The summed E-state index contributed by atoms with van der Waals surface area (Å²) in [5, 5.41) is 3.41. The maximum Gasteiger partial charge on any atom is 0.253 e. The molecule has 35 heavy (non-hydrogen) atoms. The molecule has 182 valence electrons. The summed E-state index contributed by atoms with van der Waals surface area (Å²) < 4.78 is 5.26. The van der Waals surface area contributed by atoms with Gasteiger partial charge in [-0.15, -0.1) is 0 Å². The fourth-order valence-electron chi connectivity index (χ4n) is 4.34. The smallest absolute Gasteiger partial charge is 0.253 e. The maximum absolute atomic E-state index is 13.4. The molecule has 1 aliphatic rings. The van der Waals surface area contributed by atoms with Crippen LogP contribution in [0.4, 0.5) is 5.69 Å². The monoisotopic (exact) mass is 491 g/mol. The van der Waals surface area contributed by atoms with Crippen LogP contribution in [0.5, 0.6) is 5.75 Å². The van der Waals surface area contributed by atoms with Gasteiger partial charge in [0.2, 0.25) is 5.91 Å². The minimum atomic E-state index is -0.451. The molecule has 0 radical (unpaired) electrons. The van der Waals surface area contributed by atoms with Crippen molar-refractivity contribution in [3.05, 3.63) is 95.0 Å². The fraction of sp³-hybridized carbons (Fsp3) is 0.286. The Bertz CT molecular complexity index is 1140. The third-order valence-electron chi connectivity index (χ3n) is 6.29. The number of ether oxygens (including phenoxy) is 1. The summed E-state index contributed by atoms with van der Waals surface area (Å²) >= 11 is 6.23. The molecule has 1 fully saturated rings. The van der Waals surface area contributed by atoms with Gasteiger partial charge in [0, 0.05) is 31.9 Å². The van der Waals surface area contributed by atoms with Crippen molar-refractivity contribution in [1.29, 1.82) is 0 Å². The lowest BCUT2D eigenvalue weighted by molar-refractivity contribution is -0.131. The Balaban J connectivity index is 1.43. The van der Waals surface area contributed by atoms with Crippen LogP contribution < -0.4 is 15.0 Å². The summed E-state index contributed by atoms with van der Waals surface area (Å²) in [5.41, 5.74) is 2.40. The number of hydrogen-bond acceptors (Lipinski definition) is 4. The molecular formula is C28H30ClN3O3. The molecule has 3 aromatic rings. The second-order valence-corrected chi connectivity index (χ2v) is 8.95. The summed E-state index contributed by atoms with van der Waals surface area (Å²) in [6.07, 6.45) is 1.06. The highest BCUT2D eigenvalue weighted by Crippen LogP contribution is 2.23. The molecule has 0 aromatic heterocycles. The van der Waals surface area contributed by atoms with Crippen molar-refractivity contribution < 1.29 is 14.3 Å². The van der Waals surface area contributed by atoms with Gasteiger partial charge in [-0.05, 0) is 48.4 Å². The number of halogens is 1. The Morgan fingerprint density at radius 2 is 1.63 bits per heavy atom. The van der Waals surface area contributed by atoms with E-state index in [-0.39, 0.29) is 18.2 Å². The zero-order valence-corrected chi connectivity index (χ0v) is 20.6. The number of nitrogens with one attached hydrogen (secondary N) is 1. The average molecular weight is 492 g/mol. The molecular weight excluding hydrogens is 462 g/mol. The Labute approximate surface area is 211 Å². The van der Waals surface area contributed by atoms with Crippen LogP contribution in [0, 0.1) is 0 Å². The first-order valence-electron chi connectivity index (χ1n) is 11.8. The van der Waals surface area contributed by atoms with Crippen LogP contribution in [0.2, 0.25) is 5.02 Å². The first-order valence-corrected chi connectivity index (χ1v) is 12.2. The lowest BCUT2D eigenvalue weighted by atomic mass is 10.0. The highest BCUT2D eigenvalue weighted by Gasteiger charge is 2.25. The number of benzene rings is 3. The second-order valence-electron chi connectivity index (χ2n) is 8.54. The van der Waals surface area contributed by atoms with Crippen LogP contribution in [0.15, 0.2) is 78.9 Å². The number of anilines is 1. The van der Waals surface area contributed by atoms with Gasteiger partial charge in [0.25, 0.3) is 5.91 Å². The van der Waals surface area contributed by atoms with Gasteiger partial charge in [-0.2, -0.15) is 0 Å². The fourth-order valence-corrected chi connectivity index (χ4v) is 4.56. The molecule has 0 spiro atoms. The van der Waals surface area contributed by atoms with Crippen molar-refractivity contribution in [3.8, 4) is 5.75 Å². The van der Waals surface area contributed by atoms with Crippen LogP contribution in [-0.2, 0) is 4.79 Å². The molecule has 6 nitrogen and oxygen atoms in total. The molecule has 1 saturated heterocycles. The molecule has 1 N–H and O–H groups in total. The van der Waals surface area contributed by atoms with Gasteiger partial charge >= 0.3 is 0 Å². The van der Waals surface area contributed by atoms with Gasteiger partial charge < -0.3 is 19.9 Å². The second kappa shape index (κ2) is 11.8. The number of nitrogens with zero attached hydrogens (tertiary/aromatic N) is 2. The summed E-state index contributed by atoms with van der Waals surface area (Å²) in [6, 6.07) is 24.1. The topological polar surface area (TPSA) is 61.9 Å². The lowest BCUT2D eigenvalue weighted by Crippen LogP contribution is -2.38. The zero-order chi connectivity index (χ0) is 24.6. The number of amides is 2. The summed E-state index contributed by atoms with van der Waals surface area (Å²) in [5.74, 6) is 0.555. The quantitative estimate of drug-likeness (QED) is 0.508. The molecule has 1 aliphatic heterocycles. The Morgan fingerprint density at radius 3 is 2.34 bits per heavy atom. The summed E-state index contributed by atoms with van der Waals surface area (Å²) in [4.78, 5) is 30.5. The van der Waals surface area contributed by atoms with Gasteiger partial charge in [0.05, 0.1) is 30.2 Å². The number of rotatable bonds is 7. The van der Waals surface area contributed by atoms with E-state index < -0.39 is 6.04 Å². The van der Waals surface area contributed by atoms with Crippen LogP contribution in [0.1, 0.15) is 34.8 Å². The van der Waals surface area contributed by atoms with Crippen LogP contribution >= 0.6 is 11.6 Å². The van der Waals surface area contributed by atoms with E-state index in [2.05, 4.69) is 10.2 Å². The van der Waals surface area contributed by atoms with Crippen molar-refractivity contribution in [1.82, 2.24) is 10.2 Å². The predicted molar refractivity (Wildman–Crippen MR) is 139 cm³/mol. The molecule has 4 rings (SSSR count). The molecule has 0 unspecified atom stereocenters. The molecule has 0 saturated carbocycles. The number of carbonyl (C=O) groups is 2. The van der Waals surface area contributed by atoms with Gasteiger partial charge in [0.15, 0.2) is 0 Å². The van der Waals surface area contributed by atoms with E-state index >= 15 is 0 Å². The van der Waals surface area contributed by atoms with Crippen molar-refractivity contribution in [2.75, 3.05) is 38.2 Å². The maximum atomic E-state index is 13.4. The lowest BCUT2D eigenvalue weighted by Gasteiger charge is -2.26. The van der Waals surface area contributed by atoms with E-state index in [1.54, 1.807) is 31.4 Å². The average Bonchev–Trinajstić information content (AvgIpc) is 3.15. The molecule has 1 heterocycles. The first kappa shape index (κ1) is 24.6. The Hall–Kier alpha value is -3.51. The highest BCUT2D eigenvalue weighted by atomic mass is 35.5. The standard InChI is InChI=1S/C28H30ClN3O3/c1-35-23-14-12-22(13-15-23)31-16-7-17-32(19-18-31)27(33)20-26(21-8-3-2-4-9-21)30-28(34)24-10-5-6-11-25(24)29/h2-6,8-15,26H,7,16-20H2,1H3,(H,30,34)/t26-/m0/s1. The number of hydrogen-bond donors (Lipinski definition) is 1. The van der Waals surface area contributed by atoms with Gasteiger partial charge in [-0.3, -0.25) is 9.59 Å². The van der Waals surface area contributed by atoms with E-state index in [1.807, 2.05) is 59.5 Å². The Morgan fingerprint density at radius 1 is 0.914 bits per heavy atom.